The lowest BCUT2D eigenvalue weighted by Gasteiger charge is -2.21. The van der Waals surface area contributed by atoms with Gasteiger partial charge in [-0.3, -0.25) is 4.79 Å². The lowest BCUT2D eigenvalue weighted by Crippen LogP contribution is -3.11. The maximum absolute atomic E-state index is 12.4. The molecule has 0 bridgehead atoms. The van der Waals surface area contributed by atoms with E-state index in [2.05, 4.69) is 38.8 Å². The van der Waals surface area contributed by atoms with Crippen LogP contribution in [0.25, 0.3) is 0 Å². The predicted octanol–water partition coefficient (Wildman–Crippen LogP) is 3.11. The maximum Gasteiger partial charge on any atom is 0.275 e. The van der Waals surface area contributed by atoms with E-state index in [-0.39, 0.29) is 11.9 Å². The summed E-state index contributed by atoms with van der Waals surface area (Å²) in [6, 6.07) is 12.9. The molecule has 2 heterocycles. The van der Waals surface area contributed by atoms with Gasteiger partial charge in [-0.05, 0) is 36.1 Å². The minimum atomic E-state index is 0.0396. The molecule has 1 aromatic carbocycles. The third-order valence-corrected chi connectivity index (χ3v) is 6.02. The molecule has 1 aliphatic heterocycles. The van der Waals surface area contributed by atoms with Gasteiger partial charge in [0.2, 0.25) is 0 Å². The zero-order valence-electron chi connectivity index (χ0n) is 13.2. The molecular weight excluding hydrogens is 372 g/mol. The maximum atomic E-state index is 12.4. The molecule has 2 N–H and O–H groups in total. The molecule has 1 amide bonds. The summed E-state index contributed by atoms with van der Waals surface area (Å²) in [7, 11) is 0. The van der Waals surface area contributed by atoms with Crippen molar-refractivity contribution >= 4 is 33.2 Å². The third kappa shape index (κ3) is 4.22. The second-order valence-electron chi connectivity index (χ2n) is 6.14. The van der Waals surface area contributed by atoms with Gasteiger partial charge >= 0.3 is 0 Å². The van der Waals surface area contributed by atoms with Crippen LogP contribution >= 0.6 is 27.3 Å². The number of hydrogen-bond acceptors (Lipinski definition) is 2. The number of amides is 1. The van der Waals surface area contributed by atoms with Crippen molar-refractivity contribution in [1.29, 1.82) is 0 Å². The van der Waals surface area contributed by atoms with Crippen molar-refractivity contribution < 1.29 is 9.69 Å². The van der Waals surface area contributed by atoms with E-state index in [0.29, 0.717) is 12.6 Å². The van der Waals surface area contributed by atoms with E-state index in [1.54, 1.807) is 11.3 Å². The normalized spacial score (nSPS) is 22.0. The van der Waals surface area contributed by atoms with Gasteiger partial charge in [-0.15, -0.1) is 11.3 Å². The Kier molecular flexibility index (Phi) is 5.51. The van der Waals surface area contributed by atoms with Crippen LogP contribution in [0.15, 0.2) is 46.3 Å². The molecule has 23 heavy (non-hydrogen) atoms. The van der Waals surface area contributed by atoms with Crippen molar-refractivity contribution in [3.63, 3.8) is 0 Å². The molecule has 1 aliphatic rings. The summed E-state index contributed by atoms with van der Waals surface area (Å²) in [6.07, 6.45) is 2.39. The molecule has 122 valence electrons. The SMILES string of the molecule is C[C@@H](NC(=O)C[NH+]1CCC[C@@H]1c1cccs1)c1ccc(Br)cc1. The van der Waals surface area contributed by atoms with E-state index in [0.717, 1.165) is 16.6 Å². The monoisotopic (exact) mass is 393 g/mol. The van der Waals surface area contributed by atoms with Gasteiger partial charge in [-0.1, -0.05) is 34.1 Å². The number of nitrogens with one attached hydrogen (secondary N) is 2. The Hall–Kier alpha value is -1.17. The van der Waals surface area contributed by atoms with Gasteiger partial charge in [-0.25, -0.2) is 0 Å². The molecular formula is C18H22BrN2OS+. The highest BCUT2D eigenvalue weighted by atomic mass is 79.9. The number of hydrogen-bond donors (Lipinski definition) is 2. The van der Waals surface area contributed by atoms with Crippen molar-refractivity contribution in [3.8, 4) is 0 Å². The fourth-order valence-corrected chi connectivity index (χ4v) is 4.47. The summed E-state index contributed by atoms with van der Waals surface area (Å²) in [6.45, 7) is 3.68. The molecule has 0 radical (unpaired) electrons. The molecule has 0 spiro atoms. The topological polar surface area (TPSA) is 33.5 Å². The number of likely N-dealkylation sites (tertiary alicyclic amines) is 1. The van der Waals surface area contributed by atoms with Crippen molar-refractivity contribution in [2.45, 2.75) is 31.8 Å². The van der Waals surface area contributed by atoms with Crippen LogP contribution in [0.5, 0.6) is 0 Å². The quantitative estimate of drug-likeness (QED) is 0.803. The van der Waals surface area contributed by atoms with Crippen LogP contribution in [-0.2, 0) is 4.79 Å². The Morgan fingerprint density at radius 3 is 2.87 bits per heavy atom. The highest BCUT2D eigenvalue weighted by molar-refractivity contribution is 9.10. The Labute approximate surface area is 149 Å². The van der Waals surface area contributed by atoms with Gasteiger partial charge in [0, 0.05) is 17.3 Å². The van der Waals surface area contributed by atoms with Crippen LogP contribution in [0.3, 0.4) is 0 Å². The van der Waals surface area contributed by atoms with E-state index in [9.17, 15) is 4.79 Å². The molecule has 3 rings (SSSR count). The van der Waals surface area contributed by atoms with Crippen LogP contribution in [0.1, 0.15) is 42.3 Å². The Balaban J connectivity index is 1.57. The highest BCUT2D eigenvalue weighted by Gasteiger charge is 2.32. The van der Waals surface area contributed by atoms with Crippen molar-refractivity contribution in [1.82, 2.24) is 5.32 Å². The van der Waals surface area contributed by atoms with Gasteiger partial charge < -0.3 is 10.2 Å². The summed E-state index contributed by atoms with van der Waals surface area (Å²) in [4.78, 5) is 15.2. The zero-order valence-corrected chi connectivity index (χ0v) is 15.6. The van der Waals surface area contributed by atoms with Gasteiger partial charge in [-0.2, -0.15) is 0 Å². The van der Waals surface area contributed by atoms with Gasteiger partial charge in [0.05, 0.1) is 17.5 Å². The summed E-state index contributed by atoms with van der Waals surface area (Å²) in [5.41, 5.74) is 1.13. The van der Waals surface area contributed by atoms with Gasteiger partial charge in [0.25, 0.3) is 5.91 Å². The average Bonchev–Trinajstić information content (AvgIpc) is 3.18. The minimum absolute atomic E-state index is 0.0396. The largest absolute Gasteiger partial charge is 0.345 e. The lowest BCUT2D eigenvalue weighted by atomic mass is 10.1. The Morgan fingerprint density at radius 2 is 2.17 bits per heavy atom. The van der Waals surface area contributed by atoms with Gasteiger partial charge in [0.15, 0.2) is 6.54 Å². The molecule has 2 aromatic rings. The van der Waals surface area contributed by atoms with Crippen molar-refractivity contribution in [2.75, 3.05) is 13.1 Å². The van der Waals surface area contributed by atoms with Gasteiger partial charge in [0.1, 0.15) is 6.04 Å². The summed E-state index contributed by atoms with van der Waals surface area (Å²) in [5, 5.41) is 5.26. The summed E-state index contributed by atoms with van der Waals surface area (Å²) >= 11 is 5.25. The smallest absolute Gasteiger partial charge is 0.275 e. The average molecular weight is 394 g/mol. The summed E-state index contributed by atoms with van der Waals surface area (Å²) < 4.78 is 1.06. The van der Waals surface area contributed by atoms with Crippen LogP contribution in [0, 0.1) is 0 Å². The van der Waals surface area contributed by atoms with Crippen LogP contribution in [-0.4, -0.2) is 19.0 Å². The molecule has 0 aliphatic carbocycles. The van der Waals surface area contributed by atoms with E-state index >= 15 is 0 Å². The first-order valence-corrected chi connectivity index (χ1v) is 9.73. The number of thiophene rings is 1. The Bertz CT molecular complexity index is 642. The Morgan fingerprint density at radius 1 is 1.39 bits per heavy atom. The molecule has 1 saturated heterocycles. The molecule has 3 nitrogen and oxygen atoms in total. The second kappa shape index (κ2) is 7.60. The van der Waals surface area contributed by atoms with E-state index in [4.69, 9.17) is 0 Å². The zero-order chi connectivity index (χ0) is 16.2. The molecule has 5 heteroatoms. The van der Waals surface area contributed by atoms with E-state index in [1.807, 2.05) is 31.2 Å². The number of halogens is 1. The standard InChI is InChI=1S/C18H21BrN2OS/c1-13(14-6-8-15(19)9-7-14)20-18(22)12-21-10-2-4-16(21)17-5-3-11-23-17/h3,5-9,11,13,16H,2,4,10,12H2,1H3,(H,20,22)/p+1/t13-,16-/m1/s1. The second-order valence-corrected chi connectivity index (χ2v) is 8.03. The molecule has 3 atom stereocenters. The number of carbonyl (C=O) groups excluding carboxylic acids is 1. The first-order chi connectivity index (χ1) is 11.1. The molecule has 1 fully saturated rings. The molecule has 1 unspecified atom stereocenters. The number of benzene rings is 1. The first-order valence-electron chi connectivity index (χ1n) is 8.06. The number of rotatable bonds is 5. The number of quaternary nitrogens is 1. The van der Waals surface area contributed by atoms with Crippen molar-refractivity contribution in [3.05, 3.63) is 56.7 Å². The van der Waals surface area contributed by atoms with Crippen LogP contribution in [0.2, 0.25) is 0 Å². The fraction of sp³-hybridized carbons (Fsp3) is 0.389. The molecule has 1 aromatic heterocycles. The first kappa shape index (κ1) is 16.7. The highest BCUT2D eigenvalue weighted by Crippen LogP contribution is 2.23. The fourth-order valence-electron chi connectivity index (χ4n) is 3.29. The number of carbonyl (C=O) groups is 1. The van der Waals surface area contributed by atoms with Crippen molar-refractivity contribution in [2.24, 2.45) is 0 Å². The van der Waals surface area contributed by atoms with E-state index < -0.39 is 0 Å². The van der Waals surface area contributed by atoms with Crippen LogP contribution < -0.4 is 10.2 Å². The summed E-state index contributed by atoms with van der Waals surface area (Å²) in [5.74, 6) is 0.138. The minimum Gasteiger partial charge on any atom is -0.345 e. The van der Waals surface area contributed by atoms with E-state index in [1.165, 1.54) is 22.6 Å². The lowest BCUT2D eigenvalue weighted by molar-refractivity contribution is -0.910. The molecule has 0 saturated carbocycles. The van der Waals surface area contributed by atoms with Crippen LogP contribution in [0.4, 0.5) is 0 Å². The predicted molar refractivity (Wildman–Crippen MR) is 97.7 cm³/mol. The third-order valence-electron chi connectivity index (χ3n) is 4.51.